The Bertz CT molecular complexity index is 645. The second-order valence-electron chi connectivity index (χ2n) is 6.32. The van der Waals surface area contributed by atoms with Crippen molar-refractivity contribution in [1.29, 1.82) is 5.26 Å². The number of hydrogen-bond donors (Lipinski definition) is 0. The average Bonchev–Trinajstić information content (AvgIpc) is 2.66. The topological polar surface area (TPSA) is 27.0 Å². The maximum Gasteiger partial charge on any atom is 0.0872 e. The molecule has 1 saturated heterocycles. The lowest BCUT2D eigenvalue weighted by Gasteiger charge is -2.42. The first-order valence-corrected chi connectivity index (χ1v) is 8.98. The zero-order chi connectivity index (χ0) is 17.4. The van der Waals surface area contributed by atoms with E-state index in [4.69, 9.17) is 0 Å². The van der Waals surface area contributed by atoms with Crippen LogP contribution in [0.1, 0.15) is 38.3 Å². The summed E-state index contributed by atoms with van der Waals surface area (Å²) in [7, 11) is 0. The van der Waals surface area contributed by atoms with Crippen LogP contribution in [0, 0.1) is 17.2 Å². The molecule has 0 saturated carbocycles. The molecule has 3 rings (SSSR count). The Morgan fingerprint density at radius 2 is 1.62 bits per heavy atom. The molecule has 0 aromatic heterocycles. The van der Waals surface area contributed by atoms with E-state index in [0.717, 1.165) is 26.1 Å². The first-order valence-electron chi connectivity index (χ1n) is 8.98. The molecule has 2 heteroatoms. The summed E-state index contributed by atoms with van der Waals surface area (Å²) in [6, 6.07) is 23.5. The highest BCUT2D eigenvalue weighted by atomic mass is 15.1. The first-order chi connectivity index (χ1) is 11.7. The molecule has 24 heavy (non-hydrogen) atoms. The van der Waals surface area contributed by atoms with Gasteiger partial charge in [0.1, 0.15) is 0 Å². The highest BCUT2D eigenvalue weighted by molar-refractivity contribution is 5.34. The standard InChI is InChI=1S/C20H22N2.C2H6/c1-17-14-22(15-18-8-4-2-5-9-18)13-12-20(17,16-21)19-10-6-3-7-11-19;1-2/h2-11,17H,12-15H2,1H3;1-2H3. The molecule has 2 aromatic carbocycles. The molecule has 1 aliphatic heterocycles. The first kappa shape index (κ1) is 18.2. The van der Waals surface area contributed by atoms with Crippen molar-refractivity contribution in [2.75, 3.05) is 13.1 Å². The summed E-state index contributed by atoms with van der Waals surface area (Å²) in [5, 5.41) is 9.87. The Labute approximate surface area is 146 Å². The quantitative estimate of drug-likeness (QED) is 0.794. The van der Waals surface area contributed by atoms with E-state index in [2.05, 4.69) is 60.4 Å². The van der Waals surface area contributed by atoms with E-state index in [-0.39, 0.29) is 5.41 Å². The molecule has 2 unspecified atom stereocenters. The van der Waals surface area contributed by atoms with Gasteiger partial charge in [0.15, 0.2) is 0 Å². The molecule has 0 radical (unpaired) electrons. The van der Waals surface area contributed by atoms with E-state index in [0.29, 0.717) is 5.92 Å². The molecule has 0 N–H and O–H groups in total. The number of hydrogen-bond acceptors (Lipinski definition) is 2. The Balaban J connectivity index is 0.00000100. The van der Waals surface area contributed by atoms with Gasteiger partial charge in [-0.2, -0.15) is 5.26 Å². The lowest BCUT2D eigenvalue weighted by atomic mass is 9.67. The van der Waals surface area contributed by atoms with E-state index >= 15 is 0 Å². The zero-order valence-electron chi connectivity index (χ0n) is 15.1. The van der Waals surface area contributed by atoms with Crippen LogP contribution in [-0.2, 0) is 12.0 Å². The van der Waals surface area contributed by atoms with Crippen molar-refractivity contribution in [2.45, 2.75) is 39.2 Å². The predicted molar refractivity (Wildman–Crippen MR) is 101 cm³/mol. The van der Waals surface area contributed by atoms with E-state index in [1.165, 1.54) is 11.1 Å². The minimum atomic E-state index is -0.339. The maximum atomic E-state index is 9.87. The minimum absolute atomic E-state index is 0.331. The van der Waals surface area contributed by atoms with Crippen molar-refractivity contribution in [3.05, 3.63) is 71.8 Å². The highest BCUT2D eigenvalue weighted by Gasteiger charge is 2.42. The van der Waals surface area contributed by atoms with Crippen molar-refractivity contribution < 1.29 is 0 Å². The van der Waals surface area contributed by atoms with Crippen LogP contribution in [0.15, 0.2) is 60.7 Å². The van der Waals surface area contributed by atoms with Crippen LogP contribution in [-0.4, -0.2) is 18.0 Å². The fraction of sp³-hybridized carbons (Fsp3) is 0.409. The van der Waals surface area contributed by atoms with E-state index in [1.807, 2.05) is 32.0 Å². The number of rotatable bonds is 3. The Morgan fingerprint density at radius 1 is 1.04 bits per heavy atom. The molecule has 0 spiro atoms. The third-order valence-corrected chi connectivity index (χ3v) is 4.93. The molecule has 2 aromatic rings. The van der Waals surface area contributed by atoms with Crippen molar-refractivity contribution in [2.24, 2.45) is 5.92 Å². The zero-order valence-corrected chi connectivity index (χ0v) is 15.1. The number of likely N-dealkylation sites (tertiary alicyclic amines) is 1. The van der Waals surface area contributed by atoms with Gasteiger partial charge >= 0.3 is 0 Å². The molecule has 1 fully saturated rings. The number of nitriles is 1. The summed E-state index contributed by atoms with van der Waals surface area (Å²) in [4.78, 5) is 2.47. The van der Waals surface area contributed by atoms with Crippen molar-refractivity contribution >= 4 is 0 Å². The smallest absolute Gasteiger partial charge is 0.0872 e. The summed E-state index contributed by atoms with van der Waals surface area (Å²) in [5.41, 5.74) is 2.18. The molecule has 2 nitrogen and oxygen atoms in total. The van der Waals surface area contributed by atoms with Gasteiger partial charge in [-0.3, -0.25) is 4.90 Å². The van der Waals surface area contributed by atoms with Crippen molar-refractivity contribution in [3.8, 4) is 6.07 Å². The van der Waals surface area contributed by atoms with Gasteiger partial charge in [0.25, 0.3) is 0 Å². The van der Waals surface area contributed by atoms with Crippen LogP contribution in [0.5, 0.6) is 0 Å². The predicted octanol–water partition coefficient (Wildman–Crippen LogP) is 5.02. The third kappa shape index (κ3) is 3.86. The normalized spacial score (nSPS) is 23.7. The minimum Gasteiger partial charge on any atom is -0.299 e. The summed E-state index contributed by atoms with van der Waals surface area (Å²) >= 11 is 0. The molecule has 2 atom stereocenters. The van der Waals surface area contributed by atoms with Crippen LogP contribution in [0.2, 0.25) is 0 Å². The molecule has 0 bridgehead atoms. The number of nitrogens with zero attached hydrogens (tertiary/aromatic N) is 2. The van der Waals surface area contributed by atoms with Gasteiger partial charge in [-0.05, 0) is 23.5 Å². The summed E-state index contributed by atoms with van der Waals surface area (Å²) in [6.07, 6.45) is 0.904. The number of benzene rings is 2. The van der Waals surface area contributed by atoms with Crippen molar-refractivity contribution in [1.82, 2.24) is 4.90 Å². The fourth-order valence-corrected chi connectivity index (χ4v) is 3.60. The summed E-state index contributed by atoms with van der Waals surface area (Å²) < 4.78 is 0. The van der Waals surface area contributed by atoms with Gasteiger partial charge in [0.05, 0.1) is 11.5 Å². The van der Waals surface area contributed by atoms with Crippen LogP contribution in [0.25, 0.3) is 0 Å². The van der Waals surface area contributed by atoms with E-state index in [9.17, 15) is 5.26 Å². The number of piperidine rings is 1. The van der Waals surface area contributed by atoms with Gasteiger partial charge in [-0.1, -0.05) is 81.4 Å². The Kier molecular flexibility index (Phi) is 6.58. The fourth-order valence-electron chi connectivity index (χ4n) is 3.60. The molecule has 1 heterocycles. The third-order valence-electron chi connectivity index (χ3n) is 4.93. The van der Waals surface area contributed by atoms with Gasteiger partial charge in [0, 0.05) is 19.6 Å². The van der Waals surface area contributed by atoms with Crippen molar-refractivity contribution in [3.63, 3.8) is 0 Å². The van der Waals surface area contributed by atoms with Gasteiger partial charge in [-0.25, -0.2) is 0 Å². The van der Waals surface area contributed by atoms with E-state index in [1.54, 1.807) is 0 Å². The molecule has 0 amide bonds. The Hall–Kier alpha value is -2.11. The molecular formula is C22H28N2. The molecular weight excluding hydrogens is 292 g/mol. The lowest BCUT2D eigenvalue weighted by molar-refractivity contribution is 0.125. The van der Waals surface area contributed by atoms with Gasteiger partial charge < -0.3 is 0 Å². The second-order valence-corrected chi connectivity index (χ2v) is 6.32. The summed E-state index contributed by atoms with van der Waals surface area (Å²) in [5.74, 6) is 0.331. The van der Waals surface area contributed by atoms with Crippen LogP contribution in [0.4, 0.5) is 0 Å². The van der Waals surface area contributed by atoms with Gasteiger partial charge in [0.2, 0.25) is 0 Å². The maximum absolute atomic E-state index is 9.87. The van der Waals surface area contributed by atoms with Crippen LogP contribution >= 0.6 is 0 Å². The average molecular weight is 320 g/mol. The second kappa shape index (κ2) is 8.66. The largest absolute Gasteiger partial charge is 0.299 e. The highest BCUT2D eigenvalue weighted by Crippen LogP contribution is 2.39. The molecule has 0 aliphatic carbocycles. The SMILES string of the molecule is CC.CC1CN(Cc2ccccc2)CCC1(C#N)c1ccccc1. The van der Waals surface area contributed by atoms with Gasteiger partial charge in [-0.15, -0.1) is 0 Å². The van der Waals surface area contributed by atoms with E-state index < -0.39 is 0 Å². The van der Waals surface area contributed by atoms with Crippen LogP contribution < -0.4 is 0 Å². The summed E-state index contributed by atoms with van der Waals surface area (Å²) in [6.45, 7) is 9.13. The molecule has 126 valence electrons. The Morgan fingerprint density at radius 3 is 2.17 bits per heavy atom. The molecule has 1 aliphatic rings. The monoisotopic (exact) mass is 320 g/mol. The van der Waals surface area contributed by atoms with Crippen LogP contribution in [0.3, 0.4) is 0 Å². The lowest BCUT2D eigenvalue weighted by Crippen LogP contribution is -2.47.